The van der Waals surface area contributed by atoms with Crippen LogP contribution in [-0.2, 0) is 16.1 Å². The molecule has 2 saturated heterocycles. The molecule has 2 heterocycles. The van der Waals surface area contributed by atoms with Gasteiger partial charge in [0, 0.05) is 39.8 Å². The molecule has 0 aliphatic carbocycles. The molecule has 7 nitrogen and oxygen atoms in total. The van der Waals surface area contributed by atoms with Crippen molar-refractivity contribution in [3.05, 3.63) is 66.2 Å². The number of methoxy groups -OCH3 is 1. The van der Waals surface area contributed by atoms with E-state index < -0.39 is 5.54 Å². The highest BCUT2D eigenvalue weighted by Crippen LogP contribution is 2.37. The van der Waals surface area contributed by atoms with Gasteiger partial charge in [-0.05, 0) is 43.4 Å². The largest absolute Gasteiger partial charge is 0.494 e. The first-order chi connectivity index (χ1) is 16.6. The summed E-state index contributed by atoms with van der Waals surface area (Å²) in [6, 6.07) is 19.9. The van der Waals surface area contributed by atoms with Gasteiger partial charge >= 0.3 is 6.03 Å². The van der Waals surface area contributed by atoms with Crippen molar-refractivity contribution >= 4 is 11.9 Å². The fraction of sp³-hybridized carbons (Fsp3) is 0.481. The normalized spacial score (nSPS) is 18.1. The number of hydrogen-bond acceptors (Lipinski definition) is 5. The molecule has 0 saturated carbocycles. The molecule has 2 aromatic rings. The van der Waals surface area contributed by atoms with Crippen LogP contribution in [0.15, 0.2) is 60.7 Å². The fourth-order valence-electron chi connectivity index (χ4n) is 4.96. The molecule has 4 rings (SSSR count). The summed E-state index contributed by atoms with van der Waals surface area (Å²) < 4.78 is 11.0. The Morgan fingerprint density at radius 3 is 2.21 bits per heavy atom. The average Bonchev–Trinajstić information content (AvgIpc) is 3.06. The highest BCUT2D eigenvalue weighted by molar-refractivity contribution is 6.07. The topological polar surface area (TPSA) is 62.3 Å². The van der Waals surface area contributed by atoms with Gasteiger partial charge in [-0.25, -0.2) is 4.79 Å². The number of unbranched alkanes of at least 4 members (excludes halogenated alkanes) is 1. The number of nitrogens with zero attached hydrogens (tertiary/aromatic N) is 3. The maximum atomic E-state index is 13.6. The van der Waals surface area contributed by atoms with E-state index in [9.17, 15) is 9.59 Å². The van der Waals surface area contributed by atoms with E-state index in [1.807, 2.05) is 36.4 Å². The van der Waals surface area contributed by atoms with E-state index >= 15 is 0 Å². The van der Waals surface area contributed by atoms with Gasteiger partial charge in [-0.1, -0.05) is 48.5 Å². The third-order valence-corrected chi connectivity index (χ3v) is 6.86. The molecule has 1 spiro atoms. The Kier molecular flexibility index (Phi) is 8.19. The van der Waals surface area contributed by atoms with Gasteiger partial charge in [0.2, 0.25) is 0 Å². The number of likely N-dealkylation sites (tertiary alicyclic amines) is 1. The Morgan fingerprint density at radius 1 is 0.853 bits per heavy atom. The van der Waals surface area contributed by atoms with E-state index in [4.69, 9.17) is 9.47 Å². The molecule has 2 aliphatic heterocycles. The number of amides is 3. The molecule has 0 radical (unpaired) electrons. The first-order valence-corrected chi connectivity index (χ1v) is 12.2. The molecule has 0 atom stereocenters. The van der Waals surface area contributed by atoms with E-state index in [1.165, 1.54) is 10.5 Å². The first kappa shape index (κ1) is 24.2. The molecule has 0 bridgehead atoms. The van der Waals surface area contributed by atoms with Gasteiger partial charge in [-0.2, -0.15) is 0 Å². The summed E-state index contributed by atoms with van der Waals surface area (Å²) in [4.78, 5) is 32.5. The molecule has 3 amide bonds. The van der Waals surface area contributed by atoms with E-state index in [0.717, 1.165) is 38.2 Å². The Bertz CT molecular complexity index is 929. The van der Waals surface area contributed by atoms with Crippen LogP contribution >= 0.6 is 0 Å². The Balaban J connectivity index is 1.34. The van der Waals surface area contributed by atoms with Gasteiger partial charge in [0.15, 0.2) is 0 Å². The number of rotatable bonds is 11. The summed E-state index contributed by atoms with van der Waals surface area (Å²) in [6.07, 6.45) is 2.81. The summed E-state index contributed by atoms with van der Waals surface area (Å²) in [5, 5.41) is 0. The monoisotopic (exact) mass is 465 g/mol. The predicted molar refractivity (Wildman–Crippen MR) is 131 cm³/mol. The van der Waals surface area contributed by atoms with Crippen molar-refractivity contribution in [2.75, 3.05) is 46.5 Å². The van der Waals surface area contributed by atoms with Gasteiger partial charge in [-0.15, -0.1) is 0 Å². The van der Waals surface area contributed by atoms with Crippen LogP contribution in [-0.4, -0.2) is 78.7 Å². The van der Waals surface area contributed by atoms with Crippen molar-refractivity contribution in [3.63, 3.8) is 0 Å². The summed E-state index contributed by atoms with van der Waals surface area (Å²) in [6.45, 7) is 4.29. The number of ether oxygens (including phenoxy) is 2. The Hall–Kier alpha value is -2.90. The van der Waals surface area contributed by atoms with Crippen molar-refractivity contribution in [2.45, 2.75) is 37.8 Å². The molecule has 2 aromatic carbocycles. The molecule has 0 N–H and O–H groups in total. The van der Waals surface area contributed by atoms with E-state index in [0.29, 0.717) is 39.1 Å². The molecule has 182 valence electrons. The zero-order valence-electron chi connectivity index (χ0n) is 20.0. The lowest BCUT2D eigenvalue weighted by Gasteiger charge is -2.42. The highest BCUT2D eigenvalue weighted by Gasteiger charge is 2.57. The predicted octanol–water partition coefficient (Wildman–Crippen LogP) is 3.79. The second kappa shape index (κ2) is 11.5. The summed E-state index contributed by atoms with van der Waals surface area (Å²) >= 11 is 0. The number of imide groups is 1. The van der Waals surface area contributed by atoms with Crippen molar-refractivity contribution in [1.82, 2.24) is 14.7 Å². The van der Waals surface area contributed by atoms with Crippen LogP contribution in [0.1, 0.15) is 31.2 Å². The van der Waals surface area contributed by atoms with E-state index in [-0.39, 0.29) is 11.9 Å². The Morgan fingerprint density at radius 2 is 1.53 bits per heavy atom. The molecule has 0 unspecified atom stereocenters. The summed E-state index contributed by atoms with van der Waals surface area (Å²) in [5.41, 5.74) is 0.520. The summed E-state index contributed by atoms with van der Waals surface area (Å²) in [7, 11) is 1.63. The van der Waals surface area contributed by atoms with Gasteiger partial charge in [0.25, 0.3) is 5.91 Å². The average molecular weight is 466 g/mol. The first-order valence-electron chi connectivity index (χ1n) is 12.2. The minimum atomic E-state index is -0.747. The van der Waals surface area contributed by atoms with Gasteiger partial charge in [0.05, 0.1) is 13.2 Å². The number of carbonyl (C=O) groups is 2. The minimum Gasteiger partial charge on any atom is -0.494 e. The lowest BCUT2D eigenvalue weighted by Crippen LogP contribution is -2.57. The van der Waals surface area contributed by atoms with E-state index in [2.05, 4.69) is 29.2 Å². The van der Waals surface area contributed by atoms with Gasteiger partial charge < -0.3 is 14.4 Å². The zero-order chi connectivity index (χ0) is 23.8. The number of urea groups is 1. The molecule has 2 aliphatic rings. The van der Waals surface area contributed by atoms with Crippen LogP contribution in [0, 0.1) is 0 Å². The molecule has 2 fully saturated rings. The standard InChI is InChI=1S/C27H35N3O4/c1-33-21-19-30-26(32)29(16-8-9-20-34-24-12-6-3-7-13-24)25(31)27(30)14-17-28(18-15-27)22-23-10-4-2-5-11-23/h2-7,10-13H,8-9,14-22H2,1H3. The number of para-hydroxylation sites is 1. The highest BCUT2D eigenvalue weighted by atomic mass is 16.5. The van der Waals surface area contributed by atoms with Crippen molar-refractivity contribution in [2.24, 2.45) is 0 Å². The molecular weight excluding hydrogens is 430 g/mol. The number of piperidine rings is 1. The fourth-order valence-corrected chi connectivity index (χ4v) is 4.96. The van der Waals surface area contributed by atoms with Gasteiger partial charge in [-0.3, -0.25) is 14.6 Å². The smallest absolute Gasteiger partial charge is 0.327 e. The van der Waals surface area contributed by atoms with Crippen molar-refractivity contribution < 1.29 is 19.1 Å². The van der Waals surface area contributed by atoms with Crippen LogP contribution in [0.4, 0.5) is 4.79 Å². The molecular formula is C27H35N3O4. The lowest BCUT2D eigenvalue weighted by molar-refractivity contribution is -0.136. The molecule has 0 aromatic heterocycles. The van der Waals surface area contributed by atoms with Crippen molar-refractivity contribution in [1.29, 1.82) is 0 Å². The third kappa shape index (κ3) is 5.42. The number of benzene rings is 2. The quantitative estimate of drug-likeness (QED) is 0.373. The van der Waals surface area contributed by atoms with Crippen LogP contribution in [0.5, 0.6) is 5.75 Å². The lowest BCUT2D eigenvalue weighted by atomic mass is 9.85. The maximum absolute atomic E-state index is 13.6. The van der Waals surface area contributed by atoms with Crippen LogP contribution in [0.25, 0.3) is 0 Å². The zero-order valence-corrected chi connectivity index (χ0v) is 20.0. The second-order valence-corrected chi connectivity index (χ2v) is 9.05. The minimum absolute atomic E-state index is 0.0445. The SMILES string of the molecule is COCCN1C(=O)N(CCCCOc2ccccc2)C(=O)C12CCN(Cc1ccccc1)CC2. The summed E-state index contributed by atoms with van der Waals surface area (Å²) in [5.74, 6) is 0.791. The molecule has 34 heavy (non-hydrogen) atoms. The van der Waals surface area contributed by atoms with Crippen LogP contribution in [0.3, 0.4) is 0 Å². The van der Waals surface area contributed by atoms with Crippen LogP contribution in [0.2, 0.25) is 0 Å². The van der Waals surface area contributed by atoms with Gasteiger partial charge in [0.1, 0.15) is 11.3 Å². The van der Waals surface area contributed by atoms with E-state index in [1.54, 1.807) is 12.0 Å². The number of hydrogen-bond donors (Lipinski definition) is 0. The van der Waals surface area contributed by atoms with Crippen molar-refractivity contribution in [3.8, 4) is 5.75 Å². The maximum Gasteiger partial charge on any atom is 0.327 e. The third-order valence-electron chi connectivity index (χ3n) is 6.86. The second-order valence-electron chi connectivity index (χ2n) is 9.05. The Labute approximate surface area is 202 Å². The number of carbonyl (C=O) groups excluding carboxylic acids is 2. The molecule has 7 heteroatoms. The van der Waals surface area contributed by atoms with Crippen LogP contribution < -0.4 is 4.74 Å².